The first-order valence-corrected chi connectivity index (χ1v) is 5.09. The van der Waals surface area contributed by atoms with E-state index >= 15 is 0 Å². The van der Waals surface area contributed by atoms with E-state index < -0.39 is 0 Å². The minimum absolute atomic E-state index is 0.446. The van der Waals surface area contributed by atoms with E-state index in [4.69, 9.17) is 0 Å². The normalized spacial score (nSPS) is 12.2. The van der Waals surface area contributed by atoms with E-state index in [9.17, 15) is 0 Å². The van der Waals surface area contributed by atoms with Gasteiger partial charge in [-0.05, 0) is 16.7 Å². The fraction of sp³-hybridized carbons (Fsp3) is 0.846. The van der Waals surface area contributed by atoms with Gasteiger partial charge in [0, 0.05) is 0 Å². The van der Waals surface area contributed by atoms with Crippen molar-refractivity contribution in [1.29, 1.82) is 0 Å². The van der Waals surface area contributed by atoms with Gasteiger partial charge in [0.05, 0.1) is 0 Å². The van der Waals surface area contributed by atoms with Crippen LogP contribution in [0, 0.1) is 29.6 Å². The molecule has 0 saturated heterocycles. The van der Waals surface area contributed by atoms with Crippen molar-refractivity contribution < 1.29 is 0 Å². The fourth-order valence-electron chi connectivity index (χ4n) is 1.24. The third kappa shape index (κ3) is 3.43. The number of hydrogen-bond donors (Lipinski definition) is 0. The Morgan fingerprint density at radius 3 is 1.38 bits per heavy atom. The summed E-state index contributed by atoms with van der Waals surface area (Å²) in [6.07, 6.45) is 9.26. The van der Waals surface area contributed by atoms with Crippen LogP contribution in [0.1, 0.15) is 54.9 Å². The van der Waals surface area contributed by atoms with Crippen molar-refractivity contribution in [2.75, 3.05) is 0 Å². The minimum Gasteiger partial charge on any atom is -0.124 e. The van der Waals surface area contributed by atoms with Crippen LogP contribution in [0.3, 0.4) is 0 Å². The van der Waals surface area contributed by atoms with E-state index in [0.717, 1.165) is 5.92 Å². The Balaban J connectivity index is 0. The predicted molar refractivity (Wildman–Crippen MR) is 62.6 cm³/mol. The van der Waals surface area contributed by atoms with Gasteiger partial charge in [-0.1, -0.05) is 54.9 Å². The van der Waals surface area contributed by atoms with Crippen LogP contribution < -0.4 is 0 Å². The first-order chi connectivity index (χ1) is 5.75. The molecular weight excluding hydrogens is 156 g/mol. The highest BCUT2D eigenvalue weighted by Crippen LogP contribution is 2.46. The maximum atomic E-state index is 4.00. The highest BCUT2D eigenvalue weighted by Gasteiger charge is 2.37. The van der Waals surface area contributed by atoms with Gasteiger partial charge in [-0.15, -0.1) is 12.8 Å². The molecule has 0 aromatic rings. The summed E-state index contributed by atoms with van der Waals surface area (Å²) in [6, 6.07) is 0. The van der Waals surface area contributed by atoms with Gasteiger partial charge in [0.25, 0.3) is 0 Å². The molecule has 13 heavy (non-hydrogen) atoms. The van der Waals surface area contributed by atoms with E-state index in [-0.39, 0.29) is 0 Å². The van der Waals surface area contributed by atoms with E-state index in [1.807, 2.05) is 0 Å². The second-order valence-corrected chi connectivity index (χ2v) is 5.11. The number of terminal acetylenes is 1. The summed E-state index contributed by atoms with van der Waals surface area (Å²) in [4.78, 5) is 0. The number of hydrogen-bond acceptors (Lipinski definition) is 0. The van der Waals surface area contributed by atoms with Crippen LogP contribution in [0.5, 0.6) is 0 Å². The Morgan fingerprint density at radius 2 is 1.31 bits per heavy atom. The van der Waals surface area contributed by atoms with Gasteiger partial charge in [0.2, 0.25) is 0 Å². The lowest BCUT2D eigenvalue weighted by molar-refractivity contribution is 0.0523. The van der Waals surface area contributed by atoms with Crippen LogP contribution in [0.2, 0.25) is 0 Å². The van der Waals surface area contributed by atoms with Gasteiger partial charge in [-0.25, -0.2) is 0 Å². The van der Waals surface area contributed by atoms with Crippen molar-refractivity contribution >= 4 is 0 Å². The molecule has 0 rings (SSSR count). The monoisotopic (exact) mass is 182 g/mol. The van der Waals surface area contributed by atoms with Gasteiger partial charge in [0.1, 0.15) is 0 Å². The highest BCUT2D eigenvalue weighted by atomic mass is 14.4. The van der Waals surface area contributed by atoms with Crippen LogP contribution in [0.15, 0.2) is 0 Å². The molecule has 0 saturated carbocycles. The van der Waals surface area contributed by atoms with Crippen molar-refractivity contribution in [3.8, 4) is 12.8 Å². The molecule has 0 bridgehead atoms. The summed E-state index contributed by atoms with van der Waals surface area (Å²) in [5.41, 5.74) is 0.906. The molecule has 0 aliphatic heterocycles. The average molecular weight is 182 g/mol. The quantitative estimate of drug-likeness (QED) is 0.569. The van der Waals surface area contributed by atoms with Gasteiger partial charge in [-0.2, -0.15) is 0 Å². The zero-order valence-electron chi connectivity index (χ0n) is 10.4. The van der Waals surface area contributed by atoms with Gasteiger partial charge in [0.15, 0.2) is 0 Å². The summed E-state index contributed by atoms with van der Waals surface area (Å²) in [5, 5.41) is 0. The molecule has 0 aliphatic carbocycles. The Bertz CT molecular complexity index is 147. The zero-order valence-corrected chi connectivity index (χ0v) is 10.4. The Hall–Kier alpha value is -0.440. The molecule has 0 aromatic heterocycles. The molecule has 0 unspecified atom stereocenters. The van der Waals surface area contributed by atoms with Gasteiger partial charge >= 0.3 is 0 Å². The number of rotatable bonds is 3. The van der Waals surface area contributed by atoms with Crippen LogP contribution in [-0.4, -0.2) is 0 Å². The standard InChI is InChI=1S/C11H24.C2H2/c1-8-10(4,5)11(6,7)9(2)3;1-2/h9H,8H2,1-7H3;1-2H. The first-order valence-electron chi connectivity index (χ1n) is 5.09. The summed E-state index contributed by atoms with van der Waals surface area (Å²) in [6.45, 7) is 16.4. The van der Waals surface area contributed by atoms with Gasteiger partial charge < -0.3 is 0 Å². The molecule has 0 heteroatoms. The Kier molecular flexibility index (Phi) is 6.16. The molecule has 0 aliphatic rings. The SMILES string of the molecule is C#C.CCC(C)(C)C(C)(C)C(C)C. The molecule has 0 atom stereocenters. The molecule has 0 N–H and O–H groups in total. The molecule has 0 aromatic carbocycles. The average Bonchev–Trinajstić information content (AvgIpc) is 2.07. The van der Waals surface area contributed by atoms with Crippen LogP contribution >= 0.6 is 0 Å². The predicted octanol–water partition coefficient (Wildman–Crippen LogP) is 4.35. The molecular formula is C13H26. The minimum atomic E-state index is 0.446. The van der Waals surface area contributed by atoms with Crippen LogP contribution in [0.25, 0.3) is 0 Å². The van der Waals surface area contributed by atoms with E-state index in [0.29, 0.717) is 10.8 Å². The molecule has 0 fully saturated rings. The Labute approximate surface area is 85.1 Å². The molecule has 78 valence electrons. The third-order valence-corrected chi connectivity index (χ3v) is 4.07. The first kappa shape index (κ1) is 15.1. The molecule has 0 spiro atoms. The van der Waals surface area contributed by atoms with Gasteiger partial charge in [-0.3, -0.25) is 0 Å². The lowest BCUT2D eigenvalue weighted by atomic mass is 9.61. The second-order valence-electron chi connectivity index (χ2n) is 5.11. The summed E-state index contributed by atoms with van der Waals surface area (Å²) < 4.78 is 0. The summed E-state index contributed by atoms with van der Waals surface area (Å²) in [7, 11) is 0. The van der Waals surface area contributed by atoms with Crippen LogP contribution in [-0.2, 0) is 0 Å². The molecule has 0 nitrogen and oxygen atoms in total. The smallest absolute Gasteiger partial charge is 0.0280 e. The lowest BCUT2D eigenvalue weighted by Gasteiger charge is -2.44. The zero-order chi connectivity index (χ0) is 11.3. The van der Waals surface area contributed by atoms with Crippen molar-refractivity contribution in [2.24, 2.45) is 16.7 Å². The maximum absolute atomic E-state index is 4.00. The van der Waals surface area contributed by atoms with Crippen molar-refractivity contribution in [3.63, 3.8) is 0 Å². The molecule has 0 heterocycles. The van der Waals surface area contributed by atoms with Crippen molar-refractivity contribution in [3.05, 3.63) is 0 Å². The maximum Gasteiger partial charge on any atom is -0.0280 e. The highest BCUT2D eigenvalue weighted by molar-refractivity contribution is 4.86. The molecule has 0 radical (unpaired) electrons. The topological polar surface area (TPSA) is 0 Å². The largest absolute Gasteiger partial charge is 0.124 e. The fourth-order valence-corrected chi connectivity index (χ4v) is 1.24. The van der Waals surface area contributed by atoms with E-state index in [1.165, 1.54) is 6.42 Å². The van der Waals surface area contributed by atoms with E-state index in [1.54, 1.807) is 0 Å². The van der Waals surface area contributed by atoms with E-state index in [2.05, 4.69) is 61.3 Å². The summed E-state index contributed by atoms with van der Waals surface area (Å²) in [5.74, 6) is 0.762. The Morgan fingerprint density at radius 1 is 1.00 bits per heavy atom. The summed E-state index contributed by atoms with van der Waals surface area (Å²) >= 11 is 0. The lowest BCUT2D eigenvalue weighted by Crippen LogP contribution is -2.36. The van der Waals surface area contributed by atoms with Crippen molar-refractivity contribution in [1.82, 2.24) is 0 Å². The van der Waals surface area contributed by atoms with Crippen molar-refractivity contribution in [2.45, 2.75) is 54.9 Å². The molecule has 0 amide bonds. The second kappa shape index (κ2) is 5.32. The third-order valence-electron chi connectivity index (χ3n) is 4.07. The van der Waals surface area contributed by atoms with Crippen LogP contribution in [0.4, 0.5) is 0 Å².